The molecule has 9 nitrogen and oxygen atoms in total. The number of amides is 4. The van der Waals surface area contributed by atoms with Gasteiger partial charge in [-0.15, -0.1) is 0 Å². The normalized spacial score (nSPS) is 25.1. The molecule has 2 aromatic heterocycles. The summed E-state index contributed by atoms with van der Waals surface area (Å²) >= 11 is 0. The molecule has 5 rings (SSSR count). The Morgan fingerprint density at radius 1 is 1.15 bits per heavy atom. The van der Waals surface area contributed by atoms with Gasteiger partial charge in [-0.05, 0) is 82.8 Å². The topological polar surface area (TPSA) is 90.3 Å². The molecule has 3 fully saturated rings. The van der Waals surface area contributed by atoms with E-state index in [1.807, 2.05) is 6.20 Å². The minimum atomic E-state index is -0.396. The van der Waals surface area contributed by atoms with Crippen molar-refractivity contribution in [3.63, 3.8) is 0 Å². The lowest BCUT2D eigenvalue weighted by atomic mass is 9.85. The van der Waals surface area contributed by atoms with Gasteiger partial charge in [0.15, 0.2) is 0 Å². The third kappa shape index (κ3) is 4.53. The number of hydrogen-bond acceptors (Lipinski definition) is 5. The Morgan fingerprint density at radius 3 is 2.68 bits per heavy atom. The number of hydrogen-bond donors (Lipinski definition) is 1. The molecule has 9 heteroatoms. The van der Waals surface area contributed by atoms with Crippen molar-refractivity contribution in [1.82, 2.24) is 24.7 Å². The van der Waals surface area contributed by atoms with Crippen molar-refractivity contribution >= 4 is 29.0 Å². The number of rotatable bonds is 4. The fourth-order valence-electron chi connectivity index (χ4n) is 5.75. The van der Waals surface area contributed by atoms with Crippen LogP contribution in [0.25, 0.3) is 5.52 Å². The predicted octanol–water partition coefficient (Wildman–Crippen LogP) is 2.29. The monoisotopic (exact) mass is 466 g/mol. The Bertz CT molecular complexity index is 1090. The van der Waals surface area contributed by atoms with Gasteiger partial charge < -0.3 is 9.80 Å². The lowest BCUT2D eigenvalue weighted by Gasteiger charge is -2.41. The number of aromatic nitrogens is 2. The van der Waals surface area contributed by atoms with Crippen molar-refractivity contribution in [3.05, 3.63) is 30.1 Å². The van der Waals surface area contributed by atoms with Gasteiger partial charge in [0.25, 0.3) is 0 Å². The molecule has 3 aliphatic rings. The van der Waals surface area contributed by atoms with Crippen LogP contribution in [0.15, 0.2) is 24.5 Å². The lowest BCUT2D eigenvalue weighted by molar-refractivity contribution is -0.141. The van der Waals surface area contributed by atoms with Gasteiger partial charge in [-0.25, -0.2) is 9.31 Å². The van der Waals surface area contributed by atoms with Crippen LogP contribution in [0.2, 0.25) is 0 Å². The lowest BCUT2D eigenvalue weighted by Crippen LogP contribution is -2.49. The van der Waals surface area contributed by atoms with E-state index in [0.717, 1.165) is 62.9 Å². The molecule has 3 aliphatic heterocycles. The number of pyridine rings is 1. The zero-order chi connectivity index (χ0) is 23.8. The first-order valence-electron chi connectivity index (χ1n) is 12.5. The fourth-order valence-corrected chi connectivity index (χ4v) is 5.75. The second-order valence-corrected chi connectivity index (χ2v) is 10.2. The smallest absolute Gasteiger partial charge is 0.328 e. The number of anilines is 1. The number of piperidine rings is 2. The quantitative estimate of drug-likeness (QED) is 0.747. The van der Waals surface area contributed by atoms with Gasteiger partial charge in [0.05, 0.1) is 17.4 Å². The molecule has 0 saturated carbocycles. The van der Waals surface area contributed by atoms with Crippen LogP contribution in [0.4, 0.5) is 10.5 Å². The summed E-state index contributed by atoms with van der Waals surface area (Å²) in [6.07, 6.45) is 8.80. The Labute approximate surface area is 200 Å². The zero-order valence-corrected chi connectivity index (χ0v) is 20.1. The molecule has 0 aromatic carbocycles. The van der Waals surface area contributed by atoms with Crippen LogP contribution in [-0.4, -0.2) is 76.5 Å². The van der Waals surface area contributed by atoms with Gasteiger partial charge in [0, 0.05) is 37.7 Å². The molecule has 0 spiro atoms. The summed E-state index contributed by atoms with van der Waals surface area (Å²) in [5, 5.41) is 6.77. The summed E-state index contributed by atoms with van der Waals surface area (Å²) in [5.41, 5.74) is 2.79. The highest BCUT2D eigenvalue weighted by atomic mass is 16.2. The largest absolute Gasteiger partial charge is 0.340 e. The number of carbonyl (C=O) groups is 3. The summed E-state index contributed by atoms with van der Waals surface area (Å²) in [4.78, 5) is 43.0. The molecule has 0 radical (unpaired) electrons. The predicted molar refractivity (Wildman–Crippen MR) is 129 cm³/mol. The molecule has 2 atom stereocenters. The van der Waals surface area contributed by atoms with E-state index in [1.165, 1.54) is 5.56 Å². The van der Waals surface area contributed by atoms with Crippen molar-refractivity contribution in [2.45, 2.75) is 51.5 Å². The number of carbonyl (C=O) groups excluding carboxylic acids is 3. The molecule has 0 aliphatic carbocycles. The van der Waals surface area contributed by atoms with E-state index in [9.17, 15) is 14.4 Å². The summed E-state index contributed by atoms with van der Waals surface area (Å²) in [7, 11) is 2.13. The molecule has 34 heavy (non-hydrogen) atoms. The van der Waals surface area contributed by atoms with Crippen LogP contribution in [-0.2, 0) is 16.0 Å². The molecule has 0 unspecified atom stereocenters. The van der Waals surface area contributed by atoms with Crippen molar-refractivity contribution in [1.29, 1.82) is 0 Å². The molecule has 182 valence electrons. The van der Waals surface area contributed by atoms with Gasteiger partial charge >= 0.3 is 6.03 Å². The van der Waals surface area contributed by atoms with Crippen LogP contribution in [0, 0.1) is 11.8 Å². The van der Waals surface area contributed by atoms with Gasteiger partial charge in [-0.1, -0.05) is 0 Å². The van der Waals surface area contributed by atoms with E-state index >= 15 is 0 Å². The molecule has 4 amide bonds. The molecule has 2 aromatic rings. The van der Waals surface area contributed by atoms with Crippen molar-refractivity contribution < 1.29 is 14.4 Å². The Morgan fingerprint density at radius 2 is 1.94 bits per heavy atom. The molecule has 3 saturated heterocycles. The average molecular weight is 467 g/mol. The van der Waals surface area contributed by atoms with Crippen LogP contribution in [0.5, 0.6) is 0 Å². The number of nitrogens with zero attached hydrogens (tertiary/aromatic N) is 5. The van der Waals surface area contributed by atoms with E-state index in [1.54, 1.807) is 15.6 Å². The third-order valence-electron chi connectivity index (χ3n) is 7.77. The van der Waals surface area contributed by atoms with E-state index in [4.69, 9.17) is 0 Å². The summed E-state index contributed by atoms with van der Waals surface area (Å²) in [5.74, 6) is 0.803. The number of urea groups is 1. The van der Waals surface area contributed by atoms with E-state index < -0.39 is 6.03 Å². The molecular weight excluding hydrogens is 432 g/mol. The summed E-state index contributed by atoms with van der Waals surface area (Å²) < 4.78 is 1.77. The third-order valence-corrected chi connectivity index (χ3v) is 7.77. The van der Waals surface area contributed by atoms with Crippen LogP contribution >= 0.6 is 0 Å². The first-order valence-corrected chi connectivity index (χ1v) is 12.5. The SMILES string of the molecule is C[C@H]1C[C@H](Cc2ccn3ncc(N4CCC(=O)NC4=O)c3c2)CCN1C(=O)C1CCN(C)CC1. The van der Waals surface area contributed by atoms with E-state index in [2.05, 4.69) is 46.3 Å². The van der Waals surface area contributed by atoms with Crippen molar-refractivity contribution in [2.75, 3.05) is 38.1 Å². The highest BCUT2D eigenvalue weighted by Crippen LogP contribution is 2.30. The Kier molecular flexibility index (Phi) is 6.29. The van der Waals surface area contributed by atoms with Gasteiger partial charge in [-0.2, -0.15) is 5.10 Å². The highest BCUT2D eigenvalue weighted by molar-refractivity contribution is 6.07. The number of imide groups is 1. The molecule has 0 bridgehead atoms. The first-order chi connectivity index (χ1) is 16.4. The maximum absolute atomic E-state index is 13.1. The van der Waals surface area contributed by atoms with Crippen LogP contribution in [0.3, 0.4) is 0 Å². The highest BCUT2D eigenvalue weighted by Gasteiger charge is 2.34. The van der Waals surface area contributed by atoms with Gasteiger partial charge in [0.2, 0.25) is 11.8 Å². The fraction of sp³-hybridized carbons (Fsp3) is 0.600. The van der Waals surface area contributed by atoms with E-state index in [0.29, 0.717) is 18.4 Å². The second-order valence-electron chi connectivity index (χ2n) is 10.2. The molecule has 1 N–H and O–H groups in total. The maximum Gasteiger partial charge on any atom is 0.328 e. The summed E-state index contributed by atoms with van der Waals surface area (Å²) in [6.45, 7) is 5.40. The van der Waals surface area contributed by atoms with E-state index in [-0.39, 0.29) is 24.3 Å². The number of nitrogens with one attached hydrogen (secondary N) is 1. The zero-order valence-electron chi connectivity index (χ0n) is 20.1. The van der Waals surface area contributed by atoms with Crippen LogP contribution in [0.1, 0.15) is 44.6 Å². The first kappa shape index (κ1) is 22.8. The Hall–Kier alpha value is -2.94. The minimum absolute atomic E-state index is 0.181. The second kappa shape index (κ2) is 9.37. The van der Waals surface area contributed by atoms with Gasteiger partial charge in [0.1, 0.15) is 0 Å². The Balaban J connectivity index is 1.24. The standard InChI is InChI=1S/C25H34N6O3/c1-17-13-18(3-10-29(17)24(33)20-5-8-28(2)9-6-20)14-19-4-12-31-21(15-19)22(16-26-31)30-11-7-23(32)27-25(30)34/h4,12,15-18,20H,3,5-11,13-14H2,1-2H3,(H,27,32,34)/t17-,18+/m0/s1. The minimum Gasteiger partial charge on any atom is -0.340 e. The molecule has 5 heterocycles. The van der Waals surface area contributed by atoms with Crippen molar-refractivity contribution in [3.8, 4) is 0 Å². The maximum atomic E-state index is 13.1. The van der Waals surface area contributed by atoms with Gasteiger partial charge in [-0.3, -0.25) is 19.8 Å². The average Bonchev–Trinajstić information content (AvgIpc) is 3.22. The van der Waals surface area contributed by atoms with Crippen molar-refractivity contribution in [2.24, 2.45) is 11.8 Å². The molecular formula is C25H34N6O3. The number of fused-ring (bicyclic) bond motifs is 1. The van der Waals surface area contributed by atoms with Crippen LogP contribution < -0.4 is 10.2 Å². The summed E-state index contributed by atoms with van der Waals surface area (Å²) in [6, 6.07) is 4.05. The number of likely N-dealkylation sites (tertiary alicyclic amines) is 2.